The number of aryl methyl sites for hydroxylation is 1. The van der Waals surface area contributed by atoms with Crippen LogP contribution in [0.25, 0.3) is 11.1 Å². The molecule has 2 rings (SSSR count). The highest BCUT2D eigenvalue weighted by Gasteiger charge is 2.14. The number of rotatable bonds is 4. The van der Waals surface area contributed by atoms with Crippen LogP contribution in [0.15, 0.2) is 23.2 Å². The number of nitrogens with two attached hydrogens (primary N) is 1. The lowest BCUT2D eigenvalue weighted by molar-refractivity contribution is 0.415. The Morgan fingerprint density at radius 1 is 1.39 bits per heavy atom. The van der Waals surface area contributed by atoms with Crippen molar-refractivity contribution in [1.82, 2.24) is 10.2 Å². The second-order valence-corrected chi connectivity index (χ2v) is 4.76. The Morgan fingerprint density at radius 2 is 2.17 bits per heavy atom. The molecule has 0 fully saturated rings. The van der Waals surface area contributed by atoms with Crippen LogP contribution in [0, 0.1) is 0 Å². The van der Waals surface area contributed by atoms with Crippen molar-refractivity contribution < 1.29 is 4.74 Å². The quantitative estimate of drug-likeness (QED) is 0.832. The molecule has 0 aliphatic carbocycles. The van der Waals surface area contributed by atoms with Crippen LogP contribution >= 0.6 is 11.8 Å². The molecule has 4 nitrogen and oxygen atoms in total. The summed E-state index contributed by atoms with van der Waals surface area (Å²) in [6.45, 7) is 2.14. The minimum Gasteiger partial charge on any atom is -0.496 e. The van der Waals surface area contributed by atoms with Gasteiger partial charge in [-0.05, 0) is 30.4 Å². The summed E-state index contributed by atoms with van der Waals surface area (Å²) < 4.78 is 5.46. The maximum atomic E-state index is 5.88. The Hall–Kier alpha value is -1.62. The summed E-state index contributed by atoms with van der Waals surface area (Å²) in [4.78, 5) is 1.24. The zero-order valence-corrected chi connectivity index (χ0v) is 11.6. The van der Waals surface area contributed by atoms with Gasteiger partial charge in [-0.2, -0.15) is 5.10 Å². The first kappa shape index (κ1) is 12.8. The number of H-pyrrole nitrogens is 1. The smallest absolute Gasteiger partial charge is 0.127 e. The monoisotopic (exact) mass is 263 g/mol. The summed E-state index contributed by atoms with van der Waals surface area (Å²) in [5.74, 6) is 1.39. The number of methoxy groups -OCH3 is 1. The van der Waals surface area contributed by atoms with Crippen LogP contribution < -0.4 is 10.5 Å². The summed E-state index contributed by atoms with van der Waals surface area (Å²) in [5, 5.41) is 6.71. The van der Waals surface area contributed by atoms with Crippen LogP contribution in [-0.4, -0.2) is 23.6 Å². The molecule has 1 heterocycles. The Labute approximate surface area is 111 Å². The molecule has 0 aliphatic heterocycles. The zero-order valence-electron chi connectivity index (χ0n) is 10.8. The number of thioether (sulfide) groups is 1. The molecule has 0 radical (unpaired) electrons. The fourth-order valence-corrected chi connectivity index (χ4v) is 2.66. The summed E-state index contributed by atoms with van der Waals surface area (Å²) in [5.41, 5.74) is 9.02. The van der Waals surface area contributed by atoms with E-state index < -0.39 is 0 Å². The van der Waals surface area contributed by atoms with Gasteiger partial charge in [0, 0.05) is 16.0 Å². The third-order valence-electron chi connectivity index (χ3n) is 2.94. The van der Waals surface area contributed by atoms with Gasteiger partial charge in [0.25, 0.3) is 0 Å². The molecule has 0 atom stereocenters. The first-order chi connectivity index (χ1) is 8.71. The van der Waals surface area contributed by atoms with E-state index in [-0.39, 0.29) is 0 Å². The summed E-state index contributed by atoms with van der Waals surface area (Å²) >= 11 is 1.73. The van der Waals surface area contributed by atoms with Gasteiger partial charge in [0.1, 0.15) is 11.6 Å². The van der Waals surface area contributed by atoms with Crippen LogP contribution in [0.1, 0.15) is 12.5 Å². The third-order valence-corrected chi connectivity index (χ3v) is 3.76. The Bertz CT molecular complexity index is 551. The lowest BCUT2D eigenvalue weighted by Gasteiger charge is -2.13. The number of hydrogen-bond donors (Lipinski definition) is 2. The first-order valence-electron chi connectivity index (χ1n) is 5.75. The Balaban J connectivity index is 2.62. The maximum Gasteiger partial charge on any atom is 0.127 e. The number of aromatic amines is 1. The van der Waals surface area contributed by atoms with Gasteiger partial charge in [0.2, 0.25) is 0 Å². The molecule has 5 heteroatoms. The predicted molar refractivity (Wildman–Crippen MR) is 76.1 cm³/mol. The number of hydrogen-bond acceptors (Lipinski definition) is 4. The molecule has 18 heavy (non-hydrogen) atoms. The van der Waals surface area contributed by atoms with E-state index in [4.69, 9.17) is 10.5 Å². The van der Waals surface area contributed by atoms with Crippen LogP contribution in [-0.2, 0) is 6.42 Å². The van der Waals surface area contributed by atoms with Crippen molar-refractivity contribution in [3.8, 4) is 16.9 Å². The average molecular weight is 263 g/mol. The summed E-state index contributed by atoms with van der Waals surface area (Å²) in [6.07, 6.45) is 4.78. The van der Waals surface area contributed by atoms with E-state index in [2.05, 4.69) is 35.5 Å². The van der Waals surface area contributed by atoms with Gasteiger partial charge in [-0.25, -0.2) is 0 Å². The van der Waals surface area contributed by atoms with E-state index in [0.29, 0.717) is 5.82 Å². The SMILES string of the molecule is CCc1cc(OC)c(-c2cn[nH]c2N)cc1SC. The van der Waals surface area contributed by atoms with Gasteiger partial charge in [0.05, 0.1) is 13.3 Å². The van der Waals surface area contributed by atoms with Crippen molar-refractivity contribution in [3.05, 3.63) is 23.9 Å². The summed E-state index contributed by atoms with van der Waals surface area (Å²) in [7, 11) is 1.67. The second kappa shape index (κ2) is 5.35. The molecule has 96 valence electrons. The lowest BCUT2D eigenvalue weighted by Crippen LogP contribution is -1.95. The highest BCUT2D eigenvalue weighted by molar-refractivity contribution is 7.98. The van der Waals surface area contributed by atoms with Crippen LogP contribution in [0.2, 0.25) is 0 Å². The maximum absolute atomic E-state index is 5.88. The van der Waals surface area contributed by atoms with Gasteiger partial charge < -0.3 is 10.5 Å². The van der Waals surface area contributed by atoms with E-state index in [1.165, 1.54) is 10.5 Å². The fourth-order valence-electron chi connectivity index (χ4n) is 1.96. The molecule has 0 bridgehead atoms. The standard InChI is InChI=1S/C13H17N3OS/c1-4-8-5-11(17-2)9(6-12(8)18-3)10-7-15-16-13(10)14/h5-7H,4H2,1-3H3,(H3,14,15,16). The molecule has 1 aromatic carbocycles. The van der Waals surface area contributed by atoms with Crippen LogP contribution in [0.3, 0.4) is 0 Å². The number of nitrogens with zero attached hydrogens (tertiary/aromatic N) is 1. The molecule has 2 aromatic rings. The molecule has 1 aromatic heterocycles. The highest BCUT2D eigenvalue weighted by atomic mass is 32.2. The largest absolute Gasteiger partial charge is 0.496 e. The van der Waals surface area contributed by atoms with Crippen LogP contribution in [0.5, 0.6) is 5.75 Å². The number of aromatic nitrogens is 2. The van der Waals surface area contributed by atoms with Crippen LogP contribution in [0.4, 0.5) is 5.82 Å². The van der Waals surface area contributed by atoms with E-state index >= 15 is 0 Å². The Kier molecular flexibility index (Phi) is 3.81. The normalized spacial score (nSPS) is 10.6. The number of anilines is 1. The highest BCUT2D eigenvalue weighted by Crippen LogP contribution is 2.37. The van der Waals surface area contributed by atoms with Crippen molar-refractivity contribution in [2.75, 3.05) is 19.1 Å². The first-order valence-corrected chi connectivity index (χ1v) is 6.97. The topological polar surface area (TPSA) is 63.9 Å². The van der Waals surface area contributed by atoms with E-state index in [0.717, 1.165) is 23.3 Å². The van der Waals surface area contributed by atoms with Crippen molar-refractivity contribution in [2.24, 2.45) is 0 Å². The van der Waals surface area contributed by atoms with Crippen molar-refractivity contribution in [2.45, 2.75) is 18.2 Å². The minimum absolute atomic E-state index is 0.560. The van der Waals surface area contributed by atoms with Gasteiger partial charge >= 0.3 is 0 Å². The van der Waals surface area contributed by atoms with E-state index in [1.54, 1.807) is 25.1 Å². The molecule has 3 N–H and O–H groups in total. The summed E-state index contributed by atoms with van der Waals surface area (Å²) in [6, 6.07) is 4.19. The molecule has 0 amide bonds. The molecule has 0 unspecified atom stereocenters. The van der Waals surface area contributed by atoms with Gasteiger partial charge in [-0.15, -0.1) is 11.8 Å². The molecule has 0 spiro atoms. The molecular formula is C13H17N3OS. The predicted octanol–water partition coefficient (Wildman–Crippen LogP) is 2.95. The molecule has 0 saturated heterocycles. The third kappa shape index (κ3) is 2.18. The number of benzene rings is 1. The molecular weight excluding hydrogens is 246 g/mol. The van der Waals surface area contributed by atoms with Gasteiger partial charge in [-0.1, -0.05) is 6.92 Å². The lowest BCUT2D eigenvalue weighted by atomic mass is 10.0. The van der Waals surface area contributed by atoms with Crippen molar-refractivity contribution in [1.29, 1.82) is 0 Å². The van der Waals surface area contributed by atoms with Gasteiger partial charge in [-0.3, -0.25) is 5.10 Å². The van der Waals surface area contributed by atoms with E-state index in [1.807, 2.05) is 0 Å². The van der Waals surface area contributed by atoms with E-state index in [9.17, 15) is 0 Å². The van der Waals surface area contributed by atoms with Crippen molar-refractivity contribution in [3.63, 3.8) is 0 Å². The molecule has 0 saturated carbocycles. The Morgan fingerprint density at radius 3 is 2.67 bits per heavy atom. The minimum atomic E-state index is 0.560. The zero-order chi connectivity index (χ0) is 13.1. The van der Waals surface area contributed by atoms with Crippen molar-refractivity contribution >= 4 is 17.6 Å². The number of nitrogens with one attached hydrogen (secondary N) is 1. The van der Waals surface area contributed by atoms with Gasteiger partial charge in [0.15, 0.2) is 0 Å². The second-order valence-electron chi connectivity index (χ2n) is 3.92. The number of nitrogen functional groups attached to an aromatic ring is 1. The fraction of sp³-hybridized carbons (Fsp3) is 0.308. The molecule has 0 aliphatic rings. The average Bonchev–Trinajstić information content (AvgIpc) is 2.83. The number of ether oxygens (including phenoxy) is 1.